The van der Waals surface area contributed by atoms with Gasteiger partial charge in [-0.1, -0.05) is 48.0 Å². The van der Waals surface area contributed by atoms with Crippen LogP contribution in [0.25, 0.3) is 11.0 Å². The van der Waals surface area contributed by atoms with Gasteiger partial charge in [-0.05, 0) is 62.1 Å². The van der Waals surface area contributed by atoms with Crippen LogP contribution in [0.1, 0.15) is 41.3 Å². The molecule has 36 heavy (non-hydrogen) atoms. The first-order chi connectivity index (χ1) is 17.5. The maximum absolute atomic E-state index is 13.7. The van der Waals surface area contributed by atoms with E-state index in [-0.39, 0.29) is 24.3 Å². The highest BCUT2D eigenvalue weighted by molar-refractivity contribution is 5.98. The summed E-state index contributed by atoms with van der Waals surface area (Å²) in [6.07, 6.45) is 2.34. The summed E-state index contributed by atoms with van der Waals surface area (Å²) in [4.78, 5) is 35.6. The number of rotatable bonds is 4. The van der Waals surface area contributed by atoms with Crippen molar-refractivity contribution in [1.29, 1.82) is 0 Å². The summed E-state index contributed by atoms with van der Waals surface area (Å²) in [6.45, 7) is 5.60. The van der Waals surface area contributed by atoms with Crippen LogP contribution < -0.4 is 9.80 Å². The summed E-state index contributed by atoms with van der Waals surface area (Å²) >= 11 is 0. The van der Waals surface area contributed by atoms with E-state index in [2.05, 4.69) is 19.1 Å². The molecule has 3 heterocycles. The maximum Gasteiger partial charge on any atom is 0.246 e. The minimum absolute atomic E-state index is 0.0575. The molecule has 0 N–H and O–H groups in total. The molecule has 0 saturated carbocycles. The number of fused-ring (bicyclic) bond motifs is 2. The lowest BCUT2D eigenvalue weighted by atomic mass is 10.0. The molecule has 0 radical (unpaired) electrons. The molecular formula is C30H30N4O2. The van der Waals surface area contributed by atoms with Crippen molar-refractivity contribution in [1.82, 2.24) is 9.55 Å². The molecule has 4 aromatic rings. The molecule has 1 fully saturated rings. The van der Waals surface area contributed by atoms with Crippen molar-refractivity contribution in [2.24, 2.45) is 0 Å². The van der Waals surface area contributed by atoms with Gasteiger partial charge in [0.15, 0.2) is 0 Å². The van der Waals surface area contributed by atoms with Gasteiger partial charge in [0.25, 0.3) is 0 Å². The Morgan fingerprint density at radius 2 is 1.81 bits per heavy atom. The van der Waals surface area contributed by atoms with Gasteiger partial charge in [0.05, 0.1) is 11.0 Å². The maximum atomic E-state index is 13.7. The van der Waals surface area contributed by atoms with Gasteiger partial charge in [0, 0.05) is 36.8 Å². The Kier molecular flexibility index (Phi) is 5.59. The molecule has 3 aromatic carbocycles. The number of para-hydroxylation sites is 3. The average molecular weight is 479 g/mol. The van der Waals surface area contributed by atoms with Crippen LogP contribution in [-0.4, -0.2) is 34.5 Å². The Bertz CT molecular complexity index is 1490. The van der Waals surface area contributed by atoms with E-state index in [1.54, 1.807) is 0 Å². The van der Waals surface area contributed by atoms with Gasteiger partial charge >= 0.3 is 0 Å². The Labute approximate surface area is 211 Å². The normalized spacial score (nSPS) is 17.6. The number of aryl methyl sites for hydroxylation is 3. The van der Waals surface area contributed by atoms with Crippen molar-refractivity contribution < 1.29 is 9.59 Å². The van der Waals surface area contributed by atoms with Crippen LogP contribution in [0.2, 0.25) is 0 Å². The lowest BCUT2D eigenvalue weighted by molar-refractivity contribution is -0.119. The van der Waals surface area contributed by atoms with E-state index in [4.69, 9.17) is 4.98 Å². The third-order valence-corrected chi connectivity index (χ3v) is 7.52. The predicted molar refractivity (Wildman–Crippen MR) is 142 cm³/mol. The molecule has 1 saturated heterocycles. The summed E-state index contributed by atoms with van der Waals surface area (Å²) in [5.74, 6) is 0.895. The molecule has 2 amide bonds. The fourth-order valence-corrected chi connectivity index (χ4v) is 5.81. The van der Waals surface area contributed by atoms with E-state index in [9.17, 15) is 9.59 Å². The molecule has 0 spiro atoms. The number of anilines is 2. The standard InChI is InChI=1S/C30H30N4O2/c1-20-13-14-25(21(2)16-20)33-18-23(17-28(33)35)30-31-24-10-4-6-12-27(24)34(30)19-29(36)32-15-7-9-22-8-3-5-11-26(22)32/h3-6,8,10-14,16,23H,7,9,15,17-19H2,1-2H3. The number of hydrogen-bond donors (Lipinski definition) is 0. The highest BCUT2D eigenvalue weighted by Gasteiger charge is 2.36. The number of amides is 2. The Morgan fingerprint density at radius 1 is 1.00 bits per heavy atom. The smallest absolute Gasteiger partial charge is 0.246 e. The molecule has 1 atom stereocenters. The third-order valence-electron chi connectivity index (χ3n) is 7.52. The summed E-state index contributed by atoms with van der Waals surface area (Å²) in [5, 5.41) is 0. The van der Waals surface area contributed by atoms with Gasteiger partial charge in [-0.15, -0.1) is 0 Å². The molecule has 0 aliphatic carbocycles. The van der Waals surface area contributed by atoms with Gasteiger partial charge in [-0.25, -0.2) is 4.98 Å². The minimum Gasteiger partial charge on any atom is -0.318 e. The Hall–Kier alpha value is -3.93. The van der Waals surface area contributed by atoms with Gasteiger partial charge in [-0.3, -0.25) is 9.59 Å². The van der Waals surface area contributed by atoms with Gasteiger partial charge in [0.2, 0.25) is 11.8 Å². The molecule has 2 aliphatic rings. The van der Waals surface area contributed by atoms with Crippen molar-refractivity contribution in [2.75, 3.05) is 22.9 Å². The number of aromatic nitrogens is 2. The van der Waals surface area contributed by atoms with Crippen molar-refractivity contribution in [3.63, 3.8) is 0 Å². The van der Waals surface area contributed by atoms with Crippen LogP contribution >= 0.6 is 0 Å². The first kappa shape index (κ1) is 22.5. The number of carbonyl (C=O) groups is 2. The highest BCUT2D eigenvalue weighted by atomic mass is 16.2. The molecule has 6 heteroatoms. The first-order valence-corrected chi connectivity index (χ1v) is 12.7. The van der Waals surface area contributed by atoms with Crippen LogP contribution in [-0.2, 0) is 22.6 Å². The quantitative estimate of drug-likeness (QED) is 0.407. The van der Waals surface area contributed by atoms with Crippen molar-refractivity contribution >= 4 is 34.2 Å². The van der Waals surface area contributed by atoms with Gasteiger partial charge in [0.1, 0.15) is 12.4 Å². The number of nitrogens with zero attached hydrogens (tertiary/aromatic N) is 4. The van der Waals surface area contributed by atoms with E-state index >= 15 is 0 Å². The van der Waals surface area contributed by atoms with E-state index < -0.39 is 0 Å². The molecule has 1 unspecified atom stereocenters. The van der Waals surface area contributed by atoms with E-state index in [0.29, 0.717) is 13.0 Å². The topological polar surface area (TPSA) is 58.4 Å². The SMILES string of the molecule is Cc1ccc(N2CC(c3nc4ccccc4n3CC(=O)N3CCCc4ccccc43)CC2=O)c(C)c1. The van der Waals surface area contributed by atoms with Gasteiger partial charge in [-0.2, -0.15) is 0 Å². The molecule has 6 nitrogen and oxygen atoms in total. The number of hydrogen-bond acceptors (Lipinski definition) is 3. The lowest BCUT2D eigenvalue weighted by Gasteiger charge is -2.30. The fraction of sp³-hybridized carbons (Fsp3) is 0.300. The largest absolute Gasteiger partial charge is 0.318 e. The highest BCUT2D eigenvalue weighted by Crippen LogP contribution is 2.35. The average Bonchev–Trinajstić information content (AvgIpc) is 3.44. The zero-order valence-electron chi connectivity index (χ0n) is 20.8. The fourth-order valence-electron chi connectivity index (χ4n) is 5.81. The van der Waals surface area contributed by atoms with Crippen LogP contribution in [0, 0.1) is 13.8 Å². The summed E-state index contributed by atoms with van der Waals surface area (Å²) < 4.78 is 2.04. The van der Waals surface area contributed by atoms with Crippen LogP contribution in [0.4, 0.5) is 11.4 Å². The summed E-state index contributed by atoms with van der Waals surface area (Å²) in [7, 11) is 0. The predicted octanol–water partition coefficient (Wildman–Crippen LogP) is 5.15. The monoisotopic (exact) mass is 478 g/mol. The van der Waals surface area contributed by atoms with Crippen molar-refractivity contribution in [3.05, 3.63) is 89.2 Å². The van der Waals surface area contributed by atoms with E-state index in [1.165, 1.54) is 11.1 Å². The second-order valence-corrected chi connectivity index (χ2v) is 10.0. The number of carbonyl (C=O) groups excluding carboxylic acids is 2. The summed E-state index contributed by atoms with van der Waals surface area (Å²) in [5.41, 5.74) is 7.25. The molecule has 182 valence electrons. The van der Waals surface area contributed by atoms with Crippen molar-refractivity contribution in [3.8, 4) is 0 Å². The second kappa shape index (κ2) is 8.94. The zero-order valence-corrected chi connectivity index (χ0v) is 20.8. The van der Waals surface area contributed by atoms with Crippen LogP contribution in [0.15, 0.2) is 66.7 Å². The van der Waals surface area contributed by atoms with E-state index in [1.807, 2.05) is 75.9 Å². The van der Waals surface area contributed by atoms with Gasteiger partial charge < -0.3 is 14.4 Å². The molecule has 1 aromatic heterocycles. The van der Waals surface area contributed by atoms with Crippen LogP contribution in [0.5, 0.6) is 0 Å². The Balaban J connectivity index is 1.34. The lowest BCUT2D eigenvalue weighted by Crippen LogP contribution is -2.38. The van der Waals surface area contributed by atoms with Crippen molar-refractivity contribution in [2.45, 2.75) is 45.6 Å². The van der Waals surface area contributed by atoms with Crippen LogP contribution in [0.3, 0.4) is 0 Å². The zero-order chi connectivity index (χ0) is 24.8. The summed E-state index contributed by atoms with van der Waals surface area (Å²) in [6, 6.07) is 22.3. The Morgan fingerprint density at radius 3 is 2.67 bits per heavy atom. The molecule has 2 aliphatic heterocycles. The second-order valence-electron chi connectivity index (χ2n) is 10.0. The number of imidazole rings is 1. The molecule has 6 rings (SSSR count). The molecule has 0 bridgehead atoms. The minimum atomic E-state index is -0.0768. The third kappa shape index (κ3) is 3.87. The number of benzene rings is 3. The first-order valence-electron chi connectivity index (χ1n) is 12.7. The molecular weight excluding hydrogens is 448 g/mol. The van der Waals surface area contributed by atoms with E-state index in [0.717, 1.165) is 53.2 Å².